The largest absolute Gasteiger partial charge is 0.462 e. The van der Waals surface area contributed by atoms with Gasteiger partial charge in [-0.1, -0.05) is 185 Å². The lowest BCUT2D eigenvalue weighted by molar-refractivity contribution is -0.167. The van der Waals surface area contributed by atoms with E-state index < -0.39 is 6.10 Å². The van der Waals surface area contributed by atoms with Crippen LogP contribution in [0.5, 0.6) is 0 Å². The van der Waals surface area contributed by atoms with Gasteiger partial charge in [0, 0.05) is 19.3 Å². The summed E-state index contributed by atoms with van der Waals surface area (Å²) in [4.78, 5) is 37.8. The van der Waals surface area contributed by atoms with Gasteiger partial charge in [-0.15, -0.1) is 0 Å². The van der Waals surface area contributed by atoms with Crippen LogP contribution in [0.15, 0.2) is 48.6 Å². The maximum absolute atomic E-state index is 12.7. The van der Waals surface area contributed by atoms with Crippen molar-refractivity contribution in [3.63, 3.8) is 0 Å². The van der Waals surface area contributed by atoms with Crippen LogP contribution in [-0.2, 0) is 28.6 Å². The Morgan fingerprint density at radius 2 is 0.696 bits per heavy atom. The lowest BCUT2D eigenvalue weighted by Crippen LogP contribution is -2.30. The minimum atomic E-state index is -0.785. The summed E-state index contributed by atoms with van der Waals surface area (Å²) in [6.45, 7) is 6.47. The Hall–Kier alpha value is -2.63. The number of allylic oxidation sites excluding steroid dienone is 8. The molecule has 0 aliphatic heterocycles. The van der Waals surface area contributed by atoms with Crippen LogP contribution in [0.4, 0.5) is 0 Å². The molecule has 0 aromatic rings. The fourth-order valence-electron chi connectivity index (χ4n) is 6.51. The van der Waals surface area contributed by atoms with E-state index in [-0.39, 0.29) is 31.1 Å². The van der Waals surface area contributed by atoms with E-state index in [1.807, 2.05) is 0 Å². The van der Waals surface area contributed by atoms with E-state index in [0.29, 0.717) is 19.3 Å². The summed E-state index contributed by atoms with van der Waals surface area (Å²) in [5.74, 6) is -0.924. The van der Waals surface area contributed by atoms with Crippen LogP contribution in [0.3, 0.4) is 0 Å². The van der Waals surface area contributed by atoms with E-state index in [2.05, 4.69) is 69.4 Å². The second-order valence-corrected chi connectivity index (χ2v) is 15.6. The average Bonchev–Trinajstić information content (AvgIpc) is 3.19. The number of esters is 3. The molecule has 1 atom stereocenters. The van der Waals surface area contributed by atoms with Crippen molar-refractivity contribution in [3.8, 4) is 0 Å². The number of carbonyl (C=O) groups excluding carboxylic acids is 3. The predicted molar refractivity (Wildman–Crippen MR) is 238 cm³/mol. The zero-order chi connectivity index (χ0) is 40.8. The number of hydrogen-bond acceptors (Lipinski definition) is 6. The zero-order valence-corrected chi connectivity index (χ0v) is 36.9. The van der Waals surface area contributed by atoms with Crippen molar-refractivity contribution in [3.05, 3.63) is 48.6 Å². The first kappa shape index (κ1) is 53.4. The van der Waals surface area contributed by atoms with Crippen molar-refractivity contribution in [2.45, 2.75) is 239 Å². The van der Waals surface area contributed by atoms with E-state index in [9.17, 15) is 14.4 Å². The zero-order valence-electron chi connectivity index (χ0n) is 36.9. The monoisotopic (exact) mass is 785 g/mol. The van der Waals surface area contributed by atoms with E-state index in [4.69, 9.17) is 14.2 Å². The summed E-state index contributed by atoms with van der Waals surface area (Å²) in [5, 5.41) is 0. The molecule has 0 saturated heterocycles. The molecule has 0 aliphatic rings. The van der Waals surface area contributed by atoms with Gasteiger partial charge in [0.25, 0.3) is 0 Å². The lowest BCUT2D eigenvalue weighted by atomic mass is 10.1. The molecule has 56 heavy (non-hydrogen) atoms. The molecule has 0 amide bonds. The summed E-state index contributed by atoms with van der Waals surface area (Å²) in [6.07, 6.45) is 52.3. The molecule has 0 heterocycles. The van der Waals surface area contributed by atoms with Crippen LogP contribution in [0, 0.1) is 0 Å². The van der Waals surface area contributed by atoms with Crippen molar-refractivity contribution in [2.75, 3.05) is 13.2 Å². The van der Waals surface area contributed by atoms with Crippen LogP contribution >= 0.6 is 0 Å². The topological polar surface area (TPSA) is 78.9 Å². The maximum Gasteiger partial charge on any atom is 0.306 e. The molecule has 324 valence electrons. The van der Waals surface area contributed by atoms with Crippen molar-refractivity contribution >= 4 is 17.9 Å². The molecule has 0 aromatic heterocycles. The van der Waals surface area contributed by atoms with Gasteiger partial charge < -0.3 is 14.2 Å². The minimum absolute atomic E-state index is 0.0848. The van der Waals surface area contributed by atoms with Gasteiger partial charge in [0.15, 0.2) is 6.10 Å². The molecule has 6 heteroatoms. The maximum atomic E-state index is 12.7. The molecular weight excluding hydrogens is 697 g/mol. The van der Waals surface area contributed by atoms with Crippen molar-refractivity contribution in [2.24, 2.45) is 0 Å². The van der Waals surface area contributed by atoms with Gasteiger partial charge in [0.05, 0.1) is 0 Å². The average molecular weight is 785 g/mol. The normalized spacial score (nSPS) is 12.4. The van der Waals surface area contributed by atoms with Crippen LogP contribution in [0.2, 0.25) is 0 Å². The molecule has 0 rings (SSSR count). The van der Waals surface area contributed by atoms with E-state index in [1.165, 1.54) is 89.9 Å². The van der Waals surface area contributed by atoms with Crippen molar-refractivity contribution in [1.82, 2.24) is 0 Å². The number of unbranched alkanes of at least 4 members (excludes halogenated alkanes) is 23. The third-order valence-electron chi connectivity index (χ3n) is 10.1. The molecule has 0 spiro atoms. The van der Waals surface area contributed by atoms with E-state index in [0.717, 1.165) is 103 Å². The van der Waals surface area contributed by atoms with Gasteiger partial charge in [0.2, 0.25) is 0 Å². The predicted octanol–water partition coefficient (Wildman–Crippen LogP) is 15.1. The summed E-state index contributed by atoms with van der Waals surface area (Å²) in [7, 11) is 0. The fraction of sp³-hybridized carbons (Fsp3) is 0.780. The second-order valence-electron chi connectivity index (χ2n) is 15.6. The van der Waals surface area contributed by atoms with Crippen molar-refractivity contribution in [1.29, 1.82) is 0 Å². The van der Waals surface area contributed by atoms with Gasteiger partial charge in [-0.05, 0) is 77.0 Å². The Labute approximate surface area is 346 Å². The second kappa shape index (κ2) is 45.1. The quantitative estimate of drug-likeness (QED) is 0.0265. The molecule has 0 N–H and O–H groups in total. The van der Waals surface area contributed by atoms with E-state index >= 15 is 0 Å². The highest BCUT2D eigenvalue weighted by atomic mass is 16.6. The standard InChI is InChI=1S/C50H88O6/c1-4-7-10-13-16-19-22-24-26-28-31-34-37-40-43-49(52)55-46-47(45-54-48(51)42-39-36-33-30-27-21-18-15-12-9-6-3)56-50(53)44-41-38-35-32-29-25-23-20-17-14-11-8-5-2/h7,10,16,19,24-26,29,47H,4-6,8-9,11-15,17-18,20-23,27-28,30-46H2,1-3H3/b10-7-,19-16-,26-24-,29-25-. The van der Waals surface area contributed by atoms with Gasteiger partial charge in [0.1, 0.15) is 13.2 Å². The SMILES string of the molecule is CC/C=C\C/C=C\C/C=C\CCCCCCC(=O)OCC(COC(=O)CCCCCCCCCCCCC)OC(=O)CCCCC/C=C\CCCCCCCC. The summed E-state index contributed by atoms with van der Waals surface area (Å²) >= 11 is 0. The van der Waals surface area contributed by atoms with Crippen molar-refractivity contribution < 1.29 is 28.6 Å². The van der Waals surface area contributed by atoms with E-state index in [1.54, 1.807) is 0 Å². The Bertz CT molecular complexity index is 996. The molecule has 1 unspecified atom stereocenters. The molecule has 0 aromatic carbocycles. The Morgan fingerprint density at radius 3 is 1.12 bits per heavy atom. The lowest BCUT2D eigenvalue weighted by Gasteiger charge is -2.18. The molecule has 0 radical (unpaired) electrons. The summed E-state index contributed by atoms with van der Waals surface area (Å²) in [6, 6.07) is 0. The summed E-state index contributed by atoms with van der Waals surface area (Å²) < 4.78 is 16.7. The van der Waals surface area contributed by atoms with Crippen LogP contribution < -0.4 is 0 Å². The first-order chi connectivity index (χ1) is 27.5. The molecule has 0 bridgehead atoms. The Morgan fingerprint density at radius 1 is 0.375 bits per heavy atom. The molecule has 0 aliphatic carbocycles. The first-order valence-corrected chi connectivity index (χ1v) is 23.6. The number of carbonyl (C=O) groups is 3. The first-order valence-electron chi connectivity index (χ1n) is 23.6. The highest BCUT2D eigenvalue weighted by molar-refractivity contribution is 5.71. The third kappa shape index (κ3) is 42.5. The Balaban J connectivity index is 4.43. The Kier molecular flexibility index (Phi) is 43.0. The molecular formula is C50H88O6. The highest BCUT2D eigenvalue weighted by Gasteiger charge is 2.19. The minimum Gasteiger partial charge on any atom is -0.462 e. The number of rotatable bonds is 42. The van der Waals surface area contributed by atoms with Crippen LogP contribution in [-0.4, -0.2) is 37.2 Å². The summed E-state index contributed by atoms with van der Waals surface area (Å²) in [5.41, 5.74) is 0. The van der Waals surface area contributed by atoms with Crippen LogP contribution in [0.25, 0.3) is 0 Å². The highest BCUT2D eigenvalue weighted by Crippen LogP contribution is 2.14. The number of ether oxygens (including phenoxy) is 3. The van der Waals surface area contributed by atoms with Gasteiger partial charge in [-0.3, -0.25) is 14.4 Å². The molecule has 0 saturated carbocycles. The smallest absolute Gasteiger partial charge is 0.306 e. The fourth-order valence-corrected chi connectivity index (χ4v) is 6.51. The number of hydrogen-bond donors (Lipinski definition) is 0. The van der Waals surface area contributed by atoms with Crippen LogP contribution in [0.1, 0.15) is 233 Å². The third-order valence-corrected chi connectivity index (χ3v) is 10.1. The molecule has 0 fully saturated rings. The van der Waals surface area contributed by atoms with Gasteiger partial charge in [-0.25, -0.2) is 0 Å². The van der Waals surface area contributed by atoms with Gasteiger partial charge in [-0.2, -0.15) is 0 Å². The van der Waals surface area contributed by atoms with Gasteiger partial charge >= 0.3 is 17.9 Å². The molecule has 6 nitrogen and oxygen atoms in total.